The molecule has 2 amide bonds. The van der Waals surface area contributed by atoms with Crippen molar-refractivity contribution >= 4 is 12.0 Å². The molecule has 0 saturated heterocycles. The molecule has 0 fully saturated rings. The lowest BCUT2D eigenvalue weighted by atomic mass is 10.0. The molecule has 0 bridgehead atoms. The SMILES string of the molecule is COCCN(CC(=O)O)C(=O)NC(CN(C)C)C(C)C. The van der Waals surface area contributed by atoms with Gasteiger partial charge in [0.25, 0.3) is 0 Å². The predicted molar refractivity (Wildman–Crippen MR) is 76.8 cm³/mol. The van der Waals surface area contributed by atoms with E-state index in [0.29, 0.717) is 13.2 Å². The Hall–Kier alpha value is -1.34. The molecule has 0 aliphatic carbocycles. The molecule has 0 radical (unpaired) electrons. The van der Waals surface area contributed by atoms with Gasteiger partial charge in [0.2, 0.25) is 0 Å². The van der Waals surface area contributed by atoms with Gasteiger partial charge in [-0.15, -0.1) is 0 Å². The van der Waals surface area contributed by atoms with Crippen molar-refractivity contribution < 1.29 is 19.4 Å². The van der Waals surface area contributed by atoms with Crippen molar-refractivity contribution in [3.63, 3.8) is 0 Å². The lowest BCUT2D eigenvalue weighted by Crippen LogP contribution is -2.52. The molecule has 7 heteroatoms. The van der Waals surface area contributed by atoms with Crippen LogP contribution in [0.5, 0.6) is 0 Å². The predicted octanol–water partition coefficient (Wildman–Crippen LogP) is 0.315. The summed E-state index contributed by atoms with van der Waals surface area (Å²) < 4.78 is 4.90. The second-order valence-corrected chi connectivity index (χ2v) is 5.37. The summed E-state index contributed by atoms with van der Waals surface area (Å²) in [6, 6.07) is -0.402. The van der Waals surface area contributed by atoms with E-state index in [2.05, 4.69) is 5.32 Å². The number of ether oxygens (including phenoxy) is 1. The number of likely N-dealkylation sites (N-methyl/N-ethyl adjacent to an activating group) is 1. The summed E-state index contributed by atoms with van der Waals surface area (Å²) in [5.74, 6) is -0.777. The number of aliphatic carboxylic acids is 1. The highest BCUT2D eigenvalue weighted by atomic mass is 16.5. The third-order valence-electron chi connectivity index (χ3n) is 2.85. The van der Waals surface area contributed by atoms with Crippen molar-refractivity contribution in [1.82, 2.24) is 15.1 Å². The summed E-state index contributed by atoms with van der Waals surface area (Å²) in [7, 11) is 5.38. The van der Waals surface area contributed by atoms with Crippen molar-refractivity contribution in [3.8, 4) is 0 Å². The zero-order chi connectivity index (χ0) is 15.7. The summed E-state index contributed by atoms with van der Waals surface area (Å²) in [4.78, 5) is 26.2. The van der Waals surface area contributed by atoms with Gasteiger partial charge in [0, 0.05) is 26.2 Å². The third kappa shape index (κ3) is 7.96. The fraction of sp³-hybridized carbons (Fsp3) is 0.846. The molecule has 7 nitrogen and oxygen atoms in total. The molecular formula is C13H27N3O4. The molecule has 0 spiro atoms. The van der Waals surface area contributed by atoms with Crippen LogP contribution < -0.4 is 5.32 Å². The van der Waals surface area contributed by atoms with E-state index in [0.717, 1.165) is 0 Å². The van der Waals surface area contributed by atoms with Crippen molar-refractivity contribution in [2.45, 2.75) is 19.9 Å². The van der Waals surface area contributed by atoms with Crippen molar-refractivity contribution in [2.24, 2.45) is 5.92 Å². The van der Waals surface area contributed by atoms with Crippen LogP contribution >= 0.6 is 0 Å². The molecule has 2 N–H and O–H groups in total. The summed E-state index contributed by atoms with van der Waals surface area (Å²) in [6.07, 6.45) is 0. The first kappa shape index (κ1) is 18.7. The number of hydrogen-bond acceptors (Lipinski definition) is 4. The molecule has 1 unspecified atom stereocenters. The van der Waals surface area contributed by atoms with Crippen LogP contribution in [0.1, 0.15) is 13.8 Å². The molecule has 0 aromatic heterocycles. The quantitative estimate of drug-likeness (QED) is 0.638. The molecule has 0 rings (SSSR count). The van der Waals surface area contributed by atoms with E-state index in [9.17, 15) is 9.59 Å². The second-order valence-electron chi connectivity index (χ2n) is 5.37. The molecule has 0 aromatic rings. The number of nitrogens with one attached hydrogen (secondary N) is 1. The van der Waals surface area contributed by atoms with Crippen molar-refractivity contribution in [1.29, 1.82) is 0 Å². The number of urea groups is 1. The van der Waals surface area contributed by atoms with Gasteiger partial charge < -0.3 is 25.0 Å². The summed E-state index contributed by atoms with van der Waals surface area (Å²) >= 11 is 0. The Balaban J connectivity index is 4.64. The van der Waals surface area contributed by atoms with E-state index >= 15 is 0 Å². The lowest BCUT2D eigenvalue weighted by Gasteiger charge is -2.29. The number of nitrogens with zero attached hydrogens (tertiary/aromatic N) is 2. The van der Waals surface area contributed by atoms with Gasteiger partial charge in [-0.3, -0.25) is 4.79 Å². The van der Waals surface area contributed by atoms with Crippen molar-refractivity contribution in [3.05, 3.63) is 0 Å². The minimum Gasteiger partial charge on any atom is -0.480 e. The standard InChI is InChI=1S/C13H27N3O4/c1-10(2)11(8-15(3)4)14-13(19)16(6-7-20-5)9-12(17)18/h10-11H,6-9H2,1-5H3,(H,14,19)(H,17,18). The smallest absolute Gasteiger partial charge is 0.323 e. The third-order valence-corrected chi connectivity index (χ3v) is 2.85. The molecule has 0 aromatic carbocycles. The first-order valence-corrected chi connectivity index (χ1v) is 6.68. The molecule has 20 heavy (non-hydrogen) atoms. The maximum Gasteiger partial charge on any atom is 0.323 e. The minimum atomic E-state index is -1.04. The van der Waals surface area contributed by atoms with Crippen molar-refractivity contribution in [2.75, 3.05) is 47.4 Å². The summed E-state index contributed by atoms with van der Waals surface area (Å²) in [5.41, 5.74) is 0. The molecular weight excluding hydrogens is 262 g/mol. The Kier molecular flexibility index (Phi) is 8.91. The number of carboxylic acids is 1. The van der Waals surface area contributed by atoms with E-state index in [-0.39, 0.29) is 31.1 Å². The molecule has 0 saturated carbocycles. The normalized spacial score (nSPS) is 12.6. The Bertz CT molecular complexity index is 308. The largest absolute Gasteiger partial charge is 0.480 e. The van der Waals surface area contributed by atoms with Crippen LogP contribution in [0.25, 0.3) is 0 Å². The monoisotopic (exact) mass is 289 g/mol. The fourth-order valence-electron chi connectivity index (χ4n) is 1.68. The highest BCUT2D eigenvalue weighted by molar-refractivity contribution is 5.80. The van der Waals surface area contributed by atoms with Gasteiger partial charge in [-0.25, -0.2) is 4.79 Å². The first-order valence-electron chi connectivity index (χ1n) is 6.68. The number of methoxy groups -OCH3 is 1. The number of carboxylic acid groups (broad SMARTS) is 1. The first-order chi connectivity index (χ1) is 9.27. The van der Waals surface area contributed by atoms with E-state index in [4.69, 9.17) is 9.84 Å². The Morgan fingerprint density at radius 2 is 1.90 bits per heavy atom. The summed E-state index contributed by atoms with van der Waals surface area (Å²) in [5, 5.41) is 11.7. The van der Waals surface area contributed by atoms with Gasteiger partial charge >= 0.3 is 12.0 Å². The maximum absolute atomic E-state index is 12.2. The zero-order valence-electron chi connectivity index (χ0n) is 13.0. The molecule has 0 heterocycles. The van der Waals surface area contributed by atoms with E-state index < -0.39 is 5.97 Å². The van der Waals surface area contributed by atoms with Gasteiger partial charge in [-0.1, -0.05) is 13.8 Å². The zero-order valence-corrected chi connectivity index (χ0v) is 13.0. The number of carbonyl (C=O) groups is 2. The number of hydrogen-bond donors (Lipinski definition) is 2. The van der Waals surface area contributed by atoms with Crippen LogP contribution in [0.4, 0.5) is 4.79 Å². The van der Waals surface area contributed by atoms with Crippen LogP contribution in [0, 0.1) is 5.92 Å². The highest BCUT2D eigenvalue weighted by Crippen LogP contribution is 2.04. The van der Waals surface area contributed by atoms with Gasteiger partial charge in [-0.05, 0) is 20.0 Å². The van der Waals surface area contributed by atoms with Crippen LogP contribution in [-0.4, -0.2) is 80.4 Å². The topological polar surface area (TPSA) is 82.1 Å². The fourth-order valence-corrected chi connectivity index (χ4v) is 1.68. The van der Waals surface area contributed by atoms with Crippen LogP contribution in [0.15, 0.2) is 0 Å². The molecule has 118 valence electrons. The highest BCUT2D eigenvalue weighted by Gasteiger charge is 2.22. The number of amides is 2. The Labute approximate surface area is 120 Å². The average molecular weight is 289 g/mol. The Morgan fingerprint density at radius 1 is 1.30 bits per heavy atom. The van der Waals surface area contributed by atoms with Gasteiger partial charge in [0.05, 0.1) is 6.61 Å². The lowest BCUT2D eigenvalue weighted by molar-refractivity contribution is -0.137. The second kappa shape index (κ2) is 9.55. The number of rotatable bonds is 9. The van der Waals surface area contributed by atoms with Crippen LogP contribution in [0.2, 0.25) is 0 Å². The Morgan fingerprint density at radius 3 is 2.30 bits per heavy atom. The minimum absolute atomic E-state index is 0.0312. The van der Waals surface area contributed by atoms with Gasteiger partial charge in [0.1, 0.15) is 6.54 Å². The summed E-state index contributed by atoms with van der Waals surface area (Å²) in [6.45, 7) is 4.97. The van der Waals surface area contributed by atoms with Gasteiger partial charge in [0.15, 0.2) is 0 Å². The average Bonchev–Trinajstić information content (AvgIpc) is 2.32. The van der Waals surface area contributed by atoms with E-state index in [1.165, 1.54) is 12.0 Å². The van der Waals surface area contributed by atoms with Gasteiger partial charge in [-0.2, -0.15) is 0 Å². The van der Waals surface area contributed by atoms with Crippen LogP contribution in [-0.2, 0) is 9.53 Å². The van der Waals surface area contributed by atoms with E-state index in [1.54, 1.807) is 0 Å². The maximum atomic E-state index is 12.2. The molecule has 1 atom stereocenters. The molecule has 0 aliphatic rings. The van der Waals surface area contributed by atoms with Crippen LogP contribution in [0.3, 0.4) is 0 Å². The van der Waals surface area contributed by atoms with E-state index in [1.807, 2.05) is 32.8 Å². The number of carbonyl (C=O) groups excluding carboxylic acids is 1. The molecule has 0 aliphatic heterocycles.